The molecule has 1 aliphatic rings. The van der Waals surface area contributed by atoms with Crippen LogP contribution in [0.5, 0.6) is 0 Å². The van der Waals surface area contributed by atoms with Crippen LogP contribution in [0.2, 0.25) is 0 Å². The third-order valence-corrected chi connectivity index (χ3v) is 4.22. The van der Waals surface area contributed by atoms with Crippen LogP contribution in [-0.4, -0.2) is 38.3 Å². The van der Waals surface area contributed by atoms with E-state index in [0.717, 1.165) is 29.8 Å². The molecule has 2 aromatic rings. The van der Waals surface area contributed by atoms with Crippen LogP contribution < -0.4 is 4.90 Å². The zero-order valence-electron chi connectivity index (χ0n) is 13.0. The molecular formula is C14H15F6N5. The number of nitrogens with zero attached hydrogens (tertiary/aromatic N) is 5. The van der Waals surface area contributed by atoms with Crippen molar-refractivity contribution in [3.05, 3.63) is 18.1 Å². The fraction of sp³-hybridized carbons (Fsp3) is 0.643. The van der Waals surface area contributed by atoms with Crippen LogP contribution in [0.1, 0.15) is 37.8 Å². The summed E-state index contributed by atoms with van der Waals surface area (Å²) < 4.78 is 78.4. The van der Waals surface area contributed by atoms with E-state index in [-0.39, 0.29) is 17.6 Å². The summed E-state index contributed by atoms with van der Waals surface area (Å²) in [5.41, 5.74) is -1.20. The Morgan fingerprint density at radius 1 is 1.12 bits per heavy atom. The summed E-state index contributed by atoms with van der Waals surface area (Å²) in [5, 5.41) is 3.83. The van der Waals surface area contributed by atoms with Gasteiger partial charge in [0.1, 0.15) is 12.1 Å². The highest BCUT2D eigenvalue weighted by molar-refractivity contribution is 5.49. The number of hydrogen-bond donors (Lipinski definition) is 0. The van der Waals surface area contributed by atoms with Crippen LogP contribution in [-0.2, 0) is 6.18 Å². The minimum atomic E-state index is -4.73. The molecule has 0 atom stereocenters. The molecule has 0 radical (unpaired) electrons. The van der Waals surface area contributed by atoms with E-state index in [9.17, 15) is 26.3 Å². The van der Waals surface area contributed by atoms with E-state index in [1.165, 1.54) is 4.90 Å². The van der Waals surface area contributed by atoms with Crippen molar-refractivity contribution in [3.8, 4) is 0 Å². The van der Waals surface area contributed by atoms with E-state index in [2.05, 4.69) is 15.1 Å². The average Bonchev–Trinajstić information content (AvgIpc) is 3.16. The highest BCUT2D eigenvalue weighted by Crippen LogP contribution is 2.34. The summed E-state index contributed by atoms with van der Waals surface area (Å²) in [4.78, 5) is 8.42. The Morgan fingerprint density at radius 3 is 2.40 bits per heavy atom. The molecule has 1 aliphatic carbocycles. The Bertz CT molecular complexity index is 731. The monoisotopic (exact) mass is 367 g/mol. The van der Waals surface area contributed by atoms with Crippen molar-refractivity contribution in [2.45, 2.75) is 50.5 Å². The van der Waals surface area contributed by atoms with Gasteiger partial charge in [0.2, 0.25) is 0 Å². The van der Waals surface area contributed by atoms with Gasteiger partial charge in [0, 0.05) is 18.7 Å². The molecule has 2 heterocycles. The minimum Gasteiger partial charge on any atom is -0.353 e. The van der Waals surface area contributed by atoms with E-state index in [4.69, 9.17) is 0 Å². The van der Waals surface area contributed by atoms with E-state index < -0.39 is 31.0 Å². The van der Waals surface area contributed by atoms with Gasteiger partial charge in [-0.25, -0.2) is 4.98 Å². The largest absolute Gasteiger partial charge is 0.433 e. The van der Waals surface area contributed by atoms with Crippen molar-refractivity contribution in [3.63, 3.8) is 0 Å². The maximum Gasteiger partial charge on any atom is 0.433 e. The highest BCUT2D eigenvalue weighted by Gasteiger charge is 2.36. The zero-order valence-corrected chi connectivity index (χ0v) is 13.0. The van der Waals surface area contributed by atoms with Crippen molar-refractivity contribution in [2.75, 3.05) is 11.4 Å². The lowest BCUT2D eigenvalue weighted by Gasteiger charge is -2.31. The fourth-order valence-electron chi connectivity index (χ4n) is 3.09. The molecule has 11 heteroatoms. The first-order valence-corrected chi connectivity index (χ1v) is 7.76. The van der Waals surface area contributed by atoms with Gasteiger partial charge in [-0.1, -0.05) is 12.8 Å². The van der Waals surface area contributed by atoms with Crippen molar-refractivity contribution >= 4 is 11.6 Å². The van der Waals surface area contributed by atoms with Gasteiger partial charge < -0.3 is 4.90 Å². The molecule has 2 aromatic heterocycles. The third-order valence-electron chi connectivity index (χ3n) is 4.22. The molecule has 25 heavy (non-hydrogen) atoms. The Labute approximate surface area is 138 Å². The predicted octanol–water partition coefficient (Wildman–Crippen LogP) is 3.84. The highest BCUT2D eigenvalue weighted by atomic mass is 19.4. The van der Waals surface area contributed by atoms with Crippen LogP contribution in [0.3, 0.4) is 0 Å². The predicted molar refractivity (Wildman–Crippen MR) is 76.1 cm³/mol. The smallest absolute Gasteiger partial charge is 0.353 e. The van der Waals surface area contributed by atoms with Crippen LogP contribution in [0.4, 0.5) is 32.2 Å². The van der Waals surface area contributed by atoms with Gasteiger partial charge in [0.15, 0.2) is 5.69 Å². The van der Waals surface area contributed by atoms with Gasteiger partial charge in [-0.2, -0.15) is 40.9 Å². The molecule has 1 fully saturated rings. The fourth-order valence-corrected chi connectivity index (χ4v) is 3.09. The third kappa shape index (κ3) is 3.96. The molecule has 0 amide bonds. The Hall–Kier alpha value is -2.07. The molecule has 0 bridgehead atoms. The zero-order chi connectivity index (χ0) is 18.2. The molecule has 0 N–H and O–H groups in total. The van der Waals surface area contributed by atoms with Crippen LogP contribution in [0.25, 0.3) is 5.78 Å². The van der Waals surface area contributed by atoms with Gasteiger partial charge in [-0.15, -0.1) is 0 Å². The summed E-state index contributed by atoms with van der Waals surface area (Å²) in [6.45, 7) is -0.440. The molecule has 0 aliphatic heterocycles. The Balaban J connectivity index is 2.05. The SMILES string of the molecule is FC(F)(F)CCN(c1cc(C(F)(F)F)nc2ncnn12)C1CCCC1. The number of rotatable bonds is 4. The second-order valence-electron chi connectivity index (χ2n) is 5.97. The molecule has 3 rings (SSSR count). The molecule has 0 unspecified atom stereocenters. The maximum atomic E-state index is 13.1. The van der Waals surface area contributed by atoms with Crippen LogP contribution in [0.15, 0.2) is 12.4 Å². The molecule has 0 aromatic carbocycles. The van der Waals surface area contributed by atoms with Gasteiger partial charge in [0.25, 0.3) is 5.78 Å². The quantitative estimate of drug-likeness (QED) is 0.771. The standard InChI is InChI=1S/C14H15F6N5/c15-13(16,17)5-6-24(9-3-1-2-4-9)11-7-10(14(18,19)20)23-12-21-8-22-25(11)12/h7-9H,1-6H2. The molecule has 0 saturated heterocycles. The topological polar surface area (TPSA) is 46.3 Å². The molecule has 138 valence electrons. The number of aromatic nitrogens is 4. The molecule has 1 saturated carbocycles. The number of alkyl halides is 6. The maximum absolute atomic E-state index is 13.1. The number of fused-ring (bicyclic) bond motifs is 1. The van der Waals surface area contributed by atoms with E-state index in [0.29, 0.717) is 12.8 Å². The van der Waals surface area contributed by atoms with Crippen molar-refractivity contribution in [1.82, 2.24) is 19.6 Å². The summed E-state index contributed by atoms with van der Waals surface area (Å²) in [6, 6.07) is 0.481. The van der Waals surface area contributed by atoms with Crippen molar-refractivity contribution < 1.29 is 26.3 Å². The van der Waals surface area contributed by atoms with Gasteiger partial charge in [-0.05, 0) is 12.8 Å². The lowest BCUT2D eigenvalue weighted by atomic mass is 10.2. The minimum absolute atomic E-state index is 0.0639. The Kier molecular flexibility index (Phi) is 4.50. The summed E-state index contributed by atoms with van der Waals surface area (Å²) in [6.07, 6.45) is -6.33. The van der Waals surface area contributed by atoms with Crippen LogP contribution in [0, 0.1) is 0 Å². The first-order chi connectivity index (χ1) is 11.6. The molecule has 5 nitrogen and oxygen atoms in total. The van der Waals surface area contributed by atoms with Crippen molar-refractivity contribution in [1.29, 1.82) is 0 Å². The summed E-state index contributed by atoms with van der Waals surface area (Å²) >= 11 is 0. The van der Waals surface area contributed by atoms with E-state index in [1.807, 2.05) is 0 Å². The molecule has 0 spiro atoms. The van der Waals surface area contributed by atoms with Crippen molar-refractivity contribution in [2.24, 2.45) is 0 Å². The van der Waals surface area contributed by atoms with Crippen LogP contribution >= 0.6 is 0 Å². The second-order valence-corrected chi connectivity index (χ2v) is 5.97. The van der Waals surface area contributed by atoms with Gasteiger partial charge in [0.05, 0.1) is 6.42 Å². The van der Waals surface area contributed by atoms with Gasteiger partial charge in [-0.3, -0.25) is 0 Å². The number of anilines is 1. The normalized spacial score (nSPS) is 16.7. The van der Waals surface area contributed by atoms with E-state index in [1.54, 1.807) is 0 Å². The van der Waals surface area contributed by atoms with E-state index >= 15 is 0 Å². The lowest BCUT2D eigenvalue weighted by molar-refractivity contribution is -0.141. The van der Waals surface area contributed by atoms with Gasteiger partial charge >= 0.3 is 12.4 Å². The second kappa shape index (κ2) is 6.34. The number of hydrogen-bond acceptors (Lipinski definition) is 4. The Morgan fingerprint density at radius 2 is 1.80 bits per heavy atom. The number of halogens is 6. The first kappa shape index (κ1) is 17.7. The summed E-state index contributed by atoms with van der Waals surface area (Å²) in [7, 11) is 0. The lowest BCUT2D eigenvalue weighted by Crippen LogP contribution is -2.38. The summed E-state index contributed by atoms with van der Waals surface area (Å²) in [5.74, 6) is -0.356. The average molecular weight is 367 g/mol. The first-order valence-electron chi connectivity index (χ1n) is 7.76. The molecular weight excluding hydrogens is 352 g/mol.